The number of aromatic nitrogens is 1. The third-order valence-corrected chi connectivity index (χ3v) is 6.25. The van der Waals surface area contributed by atoms with E-state index in [4.69, 9.17) is 4.42 Å². The normalized spacial score (nSPS) is 19.3. The van der Waals surface area contributed by atoms with E-state index in [1.54, 1.807) is 12.4 Å². The molecule has 0 unspecified atom stereocenters. The fraction of sp³-hybridized carbons (Fsp3) is 0.500. The van der Waals surface area contributed by atoms with E-state index in [0.717, 1.165) is 50.2 Å². The first-order chi connectivity index (χ1) is 13.5. The summed E-state index contributed by atoms with van der Waals surface area (Å²) < 4.78 is 5.52. The minimum Gasteiger partial charge on any atom is -0.466 e. The number of likely N-dealkylation sites (tertiary alicyclic amines) is 2. The largest absolute Gasteiger partial charge is 0.466 e. The van der Waals surface area contributed by atoms with Crippen LogP contribution >= 0.6 is 0 Å². The Morgan fingerprint density at radius 1 is 1.18 bits per heavy atom. The molecule has 2 amide bonds. The lowest BCUT2D eigenvalue weighted by Gasteiger charge is -2.47. The van der Waals surface area contributed by atoms with Gasteiger partial charge in [-0.2, -0.15) is 0 Å². The maximum absolute atomic E-state index is 12.9. The van der Waals surface area contributed by atoms with Gasteiger partial charge in [0.1, 0.15) is 11.5 Å². The Bertz CT molecular complexity index is 866. The lowest BCUT2D eigenvalue weighted by Crippen LogP contribution is -2.52. The molecular weight excluding hydrogens is 354 g/mol. The number of furan rings is 1. The molecule has 2 fully saturated rings. The van der Waals surface area contributed by atoms with Crippen molar-refractivity contribution in [2.24, 2.45) is 5.41 Å². The molecule has 2 aromatic heterocycles. The van der Waals surface area contributed by atoms with Crippen LogP contribution in [0.4, 0.5) is 0 Å². The third kappa shape index (κ3) is 3.68. The molecule has 0 atom stereocenters. The van der Waals surface area contributed by atoms with E-state index in [1.165, 1.54) is 0 Å². The quantitative estimate of drug-likeness (QED) is 0.818. The fourth-order valence-corrected chi connectivity index (χ4v) is 4.56. The van der Waals surface area contributed by atoms with Gasteiger partial charge >= 0.3 is 0 Å². The zero-order chi connectivity index (χ0) is 19.7. The van der Waals surface area contributed by atoms with Crippen molar-refractivity contribution in [3.63, 3.8) is 0 Å². The minimum atomic E-state index is 0.0599. The number of hydrogen-bond acceptors (Lipinski definition) is 4. The van der Waals surface area contributed by atoms with Crippen LogP contribution in [-0.2, 0) is 11.3 Å². The molecule has 6 nitrogen and oxygen atoms in total. The molecule has 2 aromatic rings. The minimum absolute atomic E-state index is 0.0599. The lowest BCUT2D eigenvalue weighted by atomic mass is 9.72. The maximum Gasteiger partial charge on any atom is 0.257 e. The van der Waals surface area contributed by atoms with Crippen LogP contribution in [0.25, 0.3) is 0 Å². The summed E-state index contributed by atoms with van der Waals surface area (Å²) >= 11 is 0. The van der Waals surface area contributed by atoms with E-state index in [1.807, 2.05) is 41.8 Å². The number of pyridine rings is 1. The molecule has 0 bridgehead atoms. The number of carbonyl (C=O) groups excluding carboxylic acids is 2. The van der Waals surface area contributed by atoms with E-state index in [0.29, 0.717) is 24.3 Å². The van der Waals surface area contributed by atoms with Crippen molar-refractivity contribution in [1.82, 2.24) is 14.8 Å². The highest BCUT2D eigenvalue weighted by Crippen LogP contribution is 2.41. The van der Waals surface area contributed by atoms with Gasteiger partial charge in [0, 0.05) is 45.0 Å². The molecule has 0 saturated carbocycles. The second-order valence-corrected chi connectivity index (χ2v) is 8.22. The topological polar surface area (TPSA) is 66.7 Å². The van der Waals surface area contributed by atoms with Crippen LogP contribution in [0, 0.1) is 19.3 Å². The van der Waals surface area contributed by atoms with Gasteiger partial charge < -0.3 is 14.2 Å². The molecule has 28 heavy (non-hydrogen) atoms. The summed E-state index contributed by atoms with van der Waals surface area (Å²) in [5, 5.41) is 0. The first-order valence-electron chi connectivity index (χ1n) is 9.99. The predicted molar refractivity (Wildman–Crippen MR) is 105 cm³/mol. The van der Waals surface area contributed by atoms with Gasteiger partial charge in [0.05, 0.1) is 5.56 Å². The number of carbonyl (C=O) groups is 2. The Morgan fingerprint density at radius 2 is 1.89 bits per heavy atom. The second-order valence-electron chi connectivity index (χ2n) is 8.22. The smallest absolute Gasteiger partial charge is 0.257 e. The van der Waals surface area contributed by atoms with Crippen LogP contribution in [0.1, 0.15) is 53.1 Å². The highest BCUT2D eigenvalue weighted by atomic mass is 16.3. The second kappa shape index (κ2) is 7.41. The van der Waals surface area contributed by atoms with Crippen molar-refractivity contribution >= 4 is 11.8 Å². The molecule has 0 N–H and O–H groups in total. The van der Waals surface area contributed by atoms with Gasteiger partial charge in [-0.25, -0.2) is 0 Å². The van der Waals surface area contributed by atoms with E-state index >= 15 is 0 Å². The van der Waals surface area contributed by atoms with Gasteiger partial charge in [-0.3, -0.25) is 14.6 Å². The predicted octanol–water partition coefficient (Wildman–Crippen LogP) is 3.34. The summed E-state index contributed by atoms with van der Waals surface area (Å²) in [5.41, 5.74) is 1.91. The summed E-state index contributed by atoms with van der Waals surface area (Å²) in [7, 11) is 0. The Morgan fingerprint density at radius 3 is 2.54 bits per heavy atom. The monoisotopic (exact) mass is 381 g/mol. The maximum atomic E-state index is 12.9. The summed E-state index contributed by atoms with van der Waals surface area (Å²) in [5.74, 6) is 1.75. The summed E-state index contributed by atoms with van der Waals surface area (Å²) in [6, 6.07) is 5.76. The van der Waals surface area contributed by atoms with E-state index in [9.17, 15) is 9.59 Å². The van der Waals surface area contributed by atoms with Gasteiger partial charge in [0.2, 0.25) is 5.91 Å². The average molecular weight is 381 g/mol. The Balaban J connectivity index is 1.41. The molecule has 4 rings (SSSR count). The first-order valence-corrected chi connectivity index (χ1v) is 9.99. The number of hydrogen-bond donors (Lipinski definition) is 0. The van der Waals surface area contributed by atoms with Crippen molar-refractivity contribution < 1.29 is 14.0 Å². The zero-order valence-corrected chi connectivity index (χ0v) is 16.6. The van der Waals surface area contributed by atoms with Gasteiger partial charge in [0.15, 0.2) is 0 Å². The Kier molecular flexibility index (Phi) is 4.96. The van der Waals surface area contributed by atoms with E-state index < -0.39 is 0 Å². The summed E-state index contributed by atoms with van der Waals surface area (Å²) in [4.78, 5) is 33.3. The molecule has 0 aromatic carbocycles. The Labute approximate surface area is 165 Å². The molecule has 2 aliphatic heterocycles. The van der Waals surface area contributed by atoms with Gasteiger partial charge in [-0.1, -0.05) is 0 Å². The van der Waals surface area contributed by atoms with Crippen LogP contribution in [0.5, 0.6) is 0 Å². The van der Waals surface area contributed by atoms with Crippen LogP contribution < -0.4 is 0 Å². The van der Waals surface area contributed by atoms with E-state index in [2.05, 4.69) is 4.98 Å². The number of piperidine rings is 2. The summed E-state index contributed by atoms with van der Waals surface area (Å²) in [6.45, 7) is 6.60. The number of aryl methyl sites for hydroxylation is 2. The van der Waals surface area contributed by atoms with Gasteiger partial charge in [-0.15, -0.1) is 0 Å². The van der Waals surface area contributed by atoms with Gasteiger partial charge in [-0.05, 0) is 62.3 Å². The highest BCUT2D eigenvalue weighted by molar-refractivity contribution is 5.95. The van der Waals surface area contributed by atoms with Crippen molar-refractivity contribution in [3.05, 3.63) is 53.2 Å². The van der Waals surface area contributed by atoms with Crippen LogP contribution in [-0.4, -0.2) is 46.2 Å². The molecule has 0 radical (unpaired) electrons. The van der Waals surface area contributed by atoms with Crippen LogP contribution in [0.15, 0.2) is 35.0 Å². The molecule has 4 heterocycles. The van der Waals surface area contributed by atoms with Crippen LogP contribution in [0.3, 0.4) is 0 Å². The first kappa shape index (κ1) is 18.7. The molecule has 6 heteroatoms. The fourth-order valence-electron chi connectivity index (χ4n) is 4.56. The number of nitrogens with zero attached hydrogens (tertiary/aromatic N) is 3. The molecule has 2 saturated heterocycles. The number of amides is 2. The standard InChI is InChI=1S/C22H27N3O3/c1-16-13-19(17(2)28-16)21(27)24-11-7-22(8-12-24)6-3-20(26)25(15-22)14-18-4-9-23-10-5-18/h4-5,9-10,13H,3,6-8,11-12,14-15H2,1-2H3. The lowest BCUT2D eigenvalue weighted by molar-refractivity contribution is -0.139. The average Bonchev–Trinajstić information content (AvgIpc) is 3.04. The molecular formula is C22H27N3O3. The molecule has 2 aliphatic rings. The van der Waals surface area contributed by atoms with E-state index in [-0.39, 0.29) is 17.2 Å². The number of rotatable bonds is 3. The van der Waals surface area contributed by atoms with Crippen molar-refractivity contribution in [1.29, 1.82) is 0 Å². The SMILES string of the molecule is Cc1cc(C(=O)N2CCC3(CCC(=O)N(Cc4ccncc4)C3)CC2)c(C)o1. The zero-order valence-electron chi connectivity index (χ0n) is 16.6. The molecule has 0 aliphatic carbocycles. The van der Waals surface area contributed by atoms with Crippen molar-refractivity contribution in [2.45, 2.75) is 46.1 Å². The van der Waals surface area contributed by atoms with Crippen LogP contribution in [0.2, 0.25) is 0 Å². The van der Waals surface area contributed by atoms with Crippen molar-refractivity contribution in [3.8, 4) is 0 Å². The van der Waals surface area contributed by atoms with Gasteiger partial charge in [0.25, 0.3) is 5.91 Å². The highest BCUT2D eigenvalue weighted by Gasteiger charge is 2.42. The summed E-state index contributed by atoms with van der Waals surface area (Å²) in [6.07, 6.45) is 6.93. The third-order valence-electron chi connectivity index (χ3n) is 6.25. The molecule has 148 valence electrons. The Hall–Kier alpha value is -2.63. The van der Waals surface area contributed by atoms with Crippen molar-refractivity contribution in [2.75, 3.05) is 19.6 Å². The molecule has 1 spiro atoms.